The monoisotopic (exact) mass is 133 g/mol. The highest BCUT2D eigenvalue weighted by Gasteiger charge is 2.04. The van der Waals surface area contributed by atoms with Crippen molar-refractivity contribution in [2.24, 2.45) is 5.73 Å². The number of hydrogen-bond donors (Lipinski definition) is 3. The average molecular weight is 133 g/mol. The van der Waals surface area contributed by atoms with Crippen LogP contribution in [0.3, 0.4) is 0 Å². The van der Waals surface area contributed by atoms with Gasteiger partial charge in [0.1, 0.15) is 0 Å². The third-order valence-corrected chi connectivity index (χ3v) is 1.12. The van der Waals surface area contributed by atoms with Crippen molar-refractivity contribution < 1.29 is 5.21 Å². The molecule has 4 heteroatoms. The highest BCUT2D eigenvalue weighted by atomic mass is 16.5. The number of nitrogens with two attached hydrogens (primary N) is 1. The molecular weight excluding hydrogens is 118 g/mol. The average Bonchev–Trinajstić information content (AvgIpc) is 1.82. The fourth-order valence-corrected chi connectivity index (χ4v) is 0.563. The molecule has 0 aliphatic rings. The SMILES string of the molecule is CC(C)N(CCN)NO. The van der Waals surface area contributed by atoms with Crippen LogP contribution in [0.1, 0.15) is 13.8 Å². The molecule has 0 spiro atoms. The van der Waals surface area contributed by atoms with Crippen LogP contribution in [-0.4, -0.2) is 29.3 Å². The molecule has 0 saturated heterocycles. The van der Waals surface area contributed by atoms with Gasteiger partial charge in [0.05, 0.1) is 0 Å². The first-order valence-electron chi connectivity index (χ1n) is 3.08. The lowest BCUT2D eigenvalue weighted by Gasteiger charge is -2.22. The summed E-state index contributed by atoms with van der Waals surface area (Å²) >= 11 is 0. The second-order valence-electron chi connectivity index (χ2n) is 2.18. The largest absolute Gasteiger partial charge is 0.329 e. The van der Waals surface area contributed by atoms with Gasteiger partial charge in [0.2, 0.25) is 0 Å². The number of rotatable bonds is 4. The van der Waals surface area contributed by atoms with E-state index < -0.39 is 0 Å². The second kappa shape index (κ2) is 4.69. The van der Waals surface area contributed by atoms with Gasteiger partial charge >= 0.3 is 0 Å². The third kappa shape index (κ3) is 3.42. The predicted molar refractivity (Wildman–Crippen MR) is 35.8 cm³/mol. The van der Waals surface area contributed by atoms with Gasteiger partial charge in [0.25, 0.3) is 0 Å². The Morgan fingerprint density at radius 1 is 1.67 bits per heavy atom. The maximum Gasteiger partial charge on any atom is 0.0278 e. The number of nitrogens with one attached hydrogen (secondary N) is 1. The van der Waals surface area contributed by atoms with Crippen LogP contribution in [0.25, 0.3) is 0 Å². The van der Waals surface area contributed by atoms with Crippen molar-refractivity contribution in [2.45, 2.75) is 19.9 Å². The van der Waals surface area contributed by atoms with Crippen LogP contribution in [0.15, 0.2) is 0 Å². The summed E-state index contributed by atoms with van der Waals surface area (Å²) in [4.78, 5) is 0. The lowest BCUT2D eigenvalue weighted by Crippen LogP contribution is -2.43. The minimum atomic E-state index is 0.276. The molecule has 0 amide bonds. The minimum absolute atomic E-state index is 0.276. The summed E-state index contributed by atoms with van der Waals surface area (Å²) in [6.45, 7) is 5.15. The first-order valence-corrected chi connectivity index (χ1v) is 3.08. The molecule has 0 aromatic heterocycles. The highest BCUT2D eigenvalue weighted by Crippen LogP contribution is 1.89. The van der Waals surface area contributed by atoms with E-state index in [1.54, 1.807) is 5.01 Å². The van der Waals surface area contributed by atoms with E-state index >= 15 is 0 Å². The van der Waals surface area contributed by atoms with Crippen LogP contribution in [0, 0.1) is 0 Å². The van der Waals surface area contributed by atoms with Crippen molar-refractivity contribution in [3.8, 4) is 0 Å². The molecule has 0 aliphatic carbocycles. The Balaban J connectivity index is 3.41. The van der Waals surface area contributed by atoms with Gasteiger partial charge in [0.15, 0.2) is 0 Å². The van der Waals surface area contributed by atoms with E-state index in [0.717, 1.165) is 0 Å². The zero-order chi connectivity index (χ0) is 7.28. The molecule has 0 heterocycles. The van der Waals surface area contributed by atoms with E-state index in [2.05, 4.69) is 5.59 Å². The van der Waals surface area contributed by atoms with Crippen LogP contribution in [0.4, 0.5) is 0 Å². The Hall–Kier alpha value is -0.160. The molecule has 0 bridgehead atoms. The van der Waals surface area contributed by atoms with Crippen LogP contribution < -0.4 is 11.3 Å². The van der Waals surface area contributed by atoms with Crippen LogP contribution in [0.2, 0.25) is 0 Å². The molecule has 4 nitrogen and oxygen atoms in total. The first kappa shape index (κ1) is 8.84. The van der Waals surface area contributed by atoms with E-state index in [9.17, 15) is 0 Å². The standard InChI is InChI=1S/C5H15N3O/c1-5(2)8(7-9)4-3-6/h5,7,9H,3-4,6H2,1-2H3. The van der Waals surface area contributed by atoms with Gasteiger partial charge in [-0.2, -0.15) is 0 Å². The number of hydrazine groups is 1. The Kier molecular flexibility index (Phi) is 4.61. The molecule has 0 unspecified atom stereocenters. The molecule has 0 atom stereocenters. The maximum atomic E-state index is 8.45. The predicted octanol–water partition coefficient (Wildman–Crippen LogP) is -0.451. The molecule has 56 valence electrons. The Morgan fingerprint density at radius 2 is 2.22 bits per heavy atom. The first-order chi connectivity index (χ1) is 4.22. The Labute approximate surface area is 55.6 Å². The third-order valence-electron chi connectivity index (χ3n) is 1.12. The smallest absolute Gasteiger partial charge is 0.0278 e. The molecule has 0 radical (unpaired) electrons. The summed E-state index contributed by atoms with van der Waals surface area (Å²) in [5.74, 6) is 0. The molecule has 0 saturated carbocycles. The maximum absolute atomic E-state index is 8.45. The van der Waals surface area contributed by atoms with E-state index in [1.165, 1.54) is 0 Å². The zero-order valence-electron chi connectivity index (χ0n) is 5.96. The quantitative estimate of drug-likeness (QED) is 0.454. The molecule has 0 rings (SSSR count). The summed E-state index contributed by atoms with van der Waals surface area (Å²) < 4.78 is 0. The summed E-state index contributed by atoms with van der Waals surface area (Å²) in [7, 11) is 0. The van der Waals surface area contributed by atoms with Gasteiger partial charge in [0, 0.05) is 19.1 Å². The molecule has 0 fully saturated rings. The summed E-state index contributed by atoms with van der Waals surface area (Å²) in [5.41, 5.74) is 7.31. The van der Waals surface area contributed by atoms with Crippen LogP contribution in [0.5, 0.6) is 0 Å². The van der Waals surface area contributed by atoms with Crippen LogP contribution >= 0.6 is 0 Å². The topological polar surface area (TPSA) is 61.5 Å². The summed E-state index contributed by atoms with van der Waals surface area (Å²) in [6, 6.07) is 0.276. The molecule has 0 aromatic rings. The number of hydrogen-bond acceptors (Lipinski definition) is 4. The lowest BCUT2D eigenvalue weighted by atomic mass is 10.4. The number of nitrogens with zero attached hydrogens (tertiary/aromatic N) is 1. The molecular formula is C5H15N3O. The van der Waals surface area contributed by atoms with Crippen LogP contribution in [-0.2, 0) is 0 Å². The summed E-state index contributed by atoms with van der Waals surface area (Å²) in [6.07, 6.45) is 0. The van der Waals surface area contributed by atoms with Crippen molar-refractivity contribution >= 4 is 0 Å². The normalized spacial score (nSPS) is 11.3. The van der Waals surface area contributed by atoms with Crippen molar-refractivity contribution in [1.82, 2.24) is 10.6 Å². The molecule has 9 heavy (non-hydrogen) atoms. The van der Waals surface area contributed by atoms with E-state index in [1.807, 2.05) is 13.8 Å². The van der Waals surface area contributed by atoms with E-state index in [-0.39, 0.29) is 6.04 Å². The Morgan fingerprint density at radius 3 is 2.33 bits per heavy atom. The molecule has 0 aromatic carbocycles. The van der Waals surface area contributed by atoms with Gasteiger partial charge < -0.3 is 10.9 Å². The van der Waals surface area contributed by atoms with Gasteiger partial charge in [-0.3, -0.25) is 0 Å². The second-order valence-corrected chi connectivity index (χ2v) is 2.18. The fraction of sp³-hybridized carbons (Fsp3) is 1.00. The Bertz CT molecular complexity index is 67.2. The van der Waals surface area contributed by atoms with Gasteiger partial charge in [-0.15, -0.1) is 5.59 Å². The van der Waals surface area contributed by atoms with E-state index in [4.69, 9.17) is 10.9 Å². The van der Waals surface area contributed by atoms with Crippen molar-refractivity contribution in [1.29, 1.82) is 0 Å². The van der Waals surface area contributed by atoms with Crippen molar-refractivity contribution in [3.63, 3.8) is 0 Å². The minimum Gasteiger partial charge on any atom is -0.329 e. The molecule has 0 aliphatic heterocycles. The van der Waals surface area contributed by atoms with Crippen molar-refractivity contribution in [2.75, 3.05) is 13.1 Å². The summed E-state index contributed by atoms with van der Waals surface area (Å²) in [5, 5.41) is 10.1. The highest BCUT2D eigenvalue weighted by molar-refractivity contribution is 4.53. The molecule has 4 N–H and O–H groups in total. The van der Waals surface area contributed by atoms with Crippen molar-refractivity contribution in [3.05, 3.63) is 0 Å². The van der Waals surface area contributed by atoms with Gasteiger partial charge in [-0.05, 0) is 13.8 Å². The van der Waals surface area contributed by atoms with Gasteiger partial charge in [-0.25, -0.2) is 5.01 Å². The lowest BCUT2D eigenvalue weighted by molar-refractivity contribution is -0.0376. The zero-order valence-corrected chi connectivity index (χ0v) is 5.96. The fourth-order valence-electron chi connectivity index (χ4n) is 0.563. The van der Waals surface area contributed by atoms with Gasteiger partial charge in [-0.1, -0.05) is 0 Å². The van der Waals surface area contributed by atoms with E-state index in [0.29, 0.717) is 13.1 Å².